The molecule has 0 aromatic carbocycles. The van der Waals surface area contributed by atoms with Gasteiger partial charge in [-0.3, -0.25) is 0 Å². The molecule has 1 heterocycles. The van der Waals surface area contributed by atoms with Gasteiger partial charge < -0.3 is 5.11 Å². The van der Waals surface area contributed by atoms with Crippen LogP contribution in [0.15, 0.2) is 71.5 Å². The van der Waals surface area contributed by atoms with Crippen LogP contribution >= 0.6 is 19.8 Å². The van der Waals surface area contributed by atoms with Crippen molar-refractivity contribution in [3.63, 3.8) is 0 Å². The van der Waals surface area contributed by atoms with Gasteiger partial charge in [0, 0.05) is 0 Å². The van der Waals surface area contributed by atoms with Gasteiger partial charge in [0.1, 0.15) is 0 Å². The second-order valence-electron chi connectivity index (χ2n) is 8.63. The minimum atomic E-state index is -3.58. The van der Waals surface area contributed by atoms with E-state index in [0.29, 0.717) is 0 Å². The molecule has 0 spiro atoms. The van der Waals surface area contributed by atoms with Crippen molar-refractivity contribution in [2.24, 2.45) is 10.8 Å². The molecule has 0 aromatic rings. The molecule has 3 nitrogen and oxygen atoms in total. The standard InChI is InChI=1S/C23H29F2IO3/c1-21(2)13-17(5-6-18(27)14-21)23(24,25)29-20-8-7-19(28)15-22(3,16-20)9-4-10-26-11-12-26/h5-8,13-16,27-28H,4,9-12H2,1-3H3. The number of alkyl halides is 5. The summed E-state index contributed by atoms with van der Waals surface area (Å²) < 4.78 is 39.3. The van der Waals surface area contributed by atoms with Gasteiger partial charge in [0.25, 0.3) is 0 Å². The van der Waals surface area contributed by atoms with Gasteiger partial charge >= 0.3 is 174 Å². The average Bonchev–Trinajstić information content (AvgIpc) is 3.40. The molecule has 2 N–H and O–H groups in total. The van der Waals surface area contributed by atoms with Gasteiger partial charge in [0.05, 0.1) is 0 Å². The number of halogens is 3. The van der Waals surface area contributed by atoms with Crippen LogP contribution in [-0.2, 0) is 4.74 Å². The van der Waals surface area contributed by atoms with E-state index in [1.54, 1.807) is 26.0 Å². The van der Waals surface area contributed by atoms with Gasteiger partial charge in [-0.1, -0.05) is 0 Å². The molecule has 3 rings (SSSR count). The van der Waals surface area contributed by atoms with E-state index in [2.05, 4.69) is 0 Å². The fourth-order valence-corrected chi connectivity index (χ4v) is 8.30. The molecule has 1 saturated heterocycles. The van der Waals surface area contributed by atoms with Gasteiger partial charge in [-0.05, 0) is 0 Å². The molecule has 1 aliphatic heterocycles. The Kier molecular flexibility index (Phi) is 6.32. The first-order valence-electron chi connectivity index (χ1n) is 9.77. The molecule has 0 radical (unpaired) electrons. The Morgan fingerprint density at radius 2 is 1.62 bits per heavy atom. The van der Waals surface area contributed by atoms with E-state index in [0.717, 1.165) is 12.8 Å². The number of ether oxygens (including phenoxy) is 1. The SMILES string of the molecule is CC1(C)C=C(O)C=CC(C(F)(F)OC2=CC(C)(CCCI3CC3)C=C(O)C=C2)=C1. The van der Waals surface area contributed by atoms with Crippen molar-refractivity contribution in [3.05, 3.63) is 71.5 Å². The molecule has 0 saturated carbocycles. The Balaban J connectivity index is 1.79. The van der Waals surface area contributed by atoms with Crippen molar-refractivity contribution in [2.45, 2.75) is 39.7 Å². The summed E-state index contributed by atoms with van der Waals surface area (Å²) in [5, 5.41) is 19.9. The van der Waals surface area contributed by atoms with Crippen molar-refractivity contribution in [1.29, 1.82) is 0 Å². The number of rotatable bonds is 7. The number of aliphatic hydroxyl groups excluding tert-OH is 2. The molecule has 2 aliphatic carbocycles. The van der Waals surface area contributed by atoms with Crippen LogP contribution in [0.25, 0.3) is 0 Å². The first kappa shape index (κ1) is 22.1. The topological polar surface area (TPSA) is 49.7 Å². The second kappa shape index (κ2) is 8.28. The Hall–Kier alpha value is -1.57. The van der Waals surface area contributed by atoms with Crippen LogP contribution in [0.1, 0.15) is 33.6 Å². The molecule has 160 valence electrons. The molecule has 0 bridgehead atoms. The summed E-state index contributed by atoms with van der Waals surface area (Å²) in [6.45, 7) is 5.41. The van der Waals surface area contributed by atoms with E-state index in [4.69, 9.17) is 4.74 Å². The molecule has 29 heavy (non-hydrogen) atoms. The van der Waals surface area contributed by atoms with Gasteiger partial charge in [-0.25, -0.2) is 0 Å². The summed E-state index contributed by atoms with van der Waals surface area (Å²) in [4.78, 5) is 0. The maximum absolute atomic E-state index is 15.0. The van der Waals surface area contributed by atoms with Crippen molar-refractivity contribution < 1.29 is 23.7 Å². The summed E-state index contributed by atoms with van der Waals surface area (Å²) in [5.74, 6) is 0.0169. The Morgan fingerprint density at radius 1 is 0.966 bits per heavy atom. The van der Waals surface area contributed by atoms with Crippen molar-refractivity contribution >= 4 is 19.8 Å². The summed E-state index contributed by atoms with van der Waals surface area (Å²) in [5.41, 5.74) is -1.61. The van der Waals surface area contributed by atoms with E-state index >= 15 is 0 Å². The minimum absolute atomic E-state index is 0.0246. The summed E-state index contributed by atoms with van der Waals surface area (Å²) in [6, 6.07) is 0. The first-order chi connectivity index (χ1) is 13.5. The van der Waals surface area contributed by atoms with Crippen molar-refractivity contribution in [2.75, 3.05) is 13.3 Å². The summed E-state index contributed by atoms with van der Waals surface area (Å²) in [6.07, 6.45) is 9.74. The van der Waals surface area contributed by atoms with E-state index in [-0.39, 0.29) is 22.9 Å². The fraction of sp³-hybridized carbons (Fsp3) is 0.478. The molecule has 3 aliphatic rings. The molecule has 0 aromatic heterocycles. The zero-order valence-electron chi connectivity index (χ0n) is 17.1. The second-order valence-corrected chi connectivity index (χ2v) is 15.1. The molecule has 1 fully saturated rings. The third kappa shape index (κ3) is 6.46. The number of hydrogen-bond acceptors (Lipinski definition) is 3. The monoisotopic (exact) mass is 518 g/mol. The predicted octanol–water partition coefficient (Wildman–Crippen LogP) is 6.76. The van der Waals surface area contributed by atoms with Crippen molar-refractivity contribution in [3.8, 4) is 0 Å². The van der Waals surface area contributed by atoms with E-state index in [1.807, 2.05) is 6.92 Å². The summed E-state index contributed by atoms with van der Waals surface area (Å²) >= 11 is -0.613. The number of hydrogen-bond donors (Lipinski definition) is 2. The van der Waals surface area contributed by atoms with Crippen LogP contribution in [0, 0.1) is 10.8 Å². The molecule has 1 unspecified atom stereocenters. The van der Waals surface area contributed by atoms with Gasteiger partial charge in [0.15, 0.2) is 0 Å². The van der Waals surface area contributed by atoms with Crippen LogP contribution in [0.4, 0.5) is 8.78 Å². The fourth-order valence-electron chi connectivity index (χ4n) is 3.54. The van der Waals surface area contributed by atoms with Gasteiger partial charge in [-0.2, -0.15) is 0 Å². The van der Waals surface area contributed by atoms with E-state index in [9.17, 15) is 19.0 Å². The van der Waals surface area contributed by atoms with Crippen LogP contribution in [0.5, 0.6) is 0 Å². The third-order valence-electron chi connectivity index (χ3n) is 5.00. The zero-order chi connectivity index (χ0) is 21.3. The van der Waals surface area contributed by atoms with Crippen LogP contribution in [0.2, 0.25) is 0 Å². The van der Waals surface area contributed by atoms with E-state index in [1.165, 1.54) is 49.7 Å². The van der Waals surface area contributed by atoms with Crippen molar-refractivity contribution in [1.82, 2.24) is 0 Å². The normalized spacial score (nSPS) is 27.3. The summed E-state index contributed by atoms with van der Waals surface area (Å²) in [7, 11) is 0. The first-order valence-corrected chi connectivity index (χ1v) is 14.3. The van der Waals surface area contributed by atoms with Crippen LogP contribution in [-0.4, -0.2) is 29.6 Å². The van der Waals surface area contributed by atoms with E-state index < -0.39 is 36.8 Å². The molecule has 1 atom stereocenters. The quantitative estimate of drug-likeness (QED) is 0.289. The average molecular weight is 518 g/mol. The molecule has 0 amide bonds. The Bertz CT molecular complexity index is 829. The van der Waals surface area contributed by atoms with Crippen LogP contribution in [0.3, 0.4) is 0 Å². The Labute approximate surface area is 178 Å². The maximum atomic E-state index is 15.0. The van der Waals surface area contributed by atoms with Crippen LogP contribution < -0.4 is 0 Å². The van der Waals surface area contributed by atoms with Gasteiger partial charge in [0.2, 0.25) is 0 Å². The third-order valence-corrected chi connectivity index (χ3v) is 9.90. The zero-order valence-corrected chi connectivity index (χ0v) is 19.2. The number of aliphatic hydroxyl groups is 2. The molecular weight excluding hydrogens is 489 g/mol. The molecule has 6 heteroatoms. The molecular formula is C23H29F2IO3. The number of allylic oxidation sites excluding steroid dienone is 7. The van der Waals surface area contributed by atoms with Gasteiger partial charge in [-0.15, -0.1) is 0 Å². The predicted molar refractivity (Wildman–Crippen MR) is 122 cm³/mol. The Morgan fingerprint density at radius 3 is 2.31 bits per heavy atom.